The van der Waals surface area contributed by atoms with Gasteiger partial charge in [0.15, 0.2) is 0 Å². The van der Waals surface area contributed by atoms with Crippen LogP contribution in [0.4, 0.5) is 0 Å². The van der Waals surface area contributed by atoms with Crippen LogP contribution in [-0.4, -0.2) is 51.8 Å². The molecule has 2 atom stereocenters. The van der Waals surface area contributed by atoms with Gasteiger partial charge in [-0.05, 0) is 50.2 Å². The number of aromatic nitrogens is 2. The number of fused-ring (bicyclic) bond motifs is 1. The monoisotopic (exact) mass is 410 g/mol. The zero-order valence-electron chi connectivity index (χ0n) is 18.3. The third-order valence-corrected chi connectivity index (χ3v) is 7.71. The second-order valence-electron chi connectivity index (χ2n) is 9.92. The van der Waals surface area contributed by atoms with Crippen molar-refractivity contribution >= 4 is 11.0 Å². The number of piperidine rings is 1. The minimum atomic E-state index is -0.256. The summed E-state index contributed by atoms with van der Waals surface area (Å²) in [5.41, 5.74) is 2.35. The molecular formula is C25H38N4O. The van der Waals surface area contributed by atoms with E-state index in [0.717, 1.165) is 23.7 Å². The fourth-order valence-electron chi connectivity index (χ4n) is 6.05. The average molecular weight is 411 g/mol. The molecule has 2 N–H and O–H groups in total. The largest absolute Gasteiger partial charge is 0.392 e. The fraction of sp³-hybridized carbons (Fsp3) is 0.720. The Kier molecular flexibility index (Phi) is 6.40. The number of benzene rings is 1. The smallest absolute Gasteiger partial charge is 0.127 e. The summed E-state index contributed by atoms with van der Waals surface area (Å²) in [7, 11) is 0. The minimum absolute atomic E-state index is 0.167. The number of nitrogens with one attached hydrogen (secondary N) is 1. The number of likely N-dealkylation sites (tertiary alicyclic amines) is 1. The third kappa shape index (κ3) is 4.44. The van der Waals surface area contributed by atoms with Crippen molar-refractivity contribution in [2.24, 2.45) is 5.92 Å². The lowest BCUT2D eigenvalue weighted by Gasteiger charge is -2.36. The first-order valence-electron chi connectivity index (χ1n) is 12.4. The maximum absolute atomic E-state index is 10.1. The Morgan fingerprint density at radius 1 is 0.967 bits per heavy atom. The molecule has 2 unspecified atom stereocenters. The van der Waals surface area contributed by atoms with Crippen LogP contribution in [0.1, 0.15) is 82.1 Å². The van der Waals surface area contributed by atoms with Gasteiger partial charge in [0.05, 0.1) is 23.2 Å². The molecule has 3 fully saturated rings. The van der Waals surface area contributed by atoms with Crippen LogP contribution in [0.3, 0.4) is 0 Å². The van der Waals surface area contributed by atoms with Gasteiger partial charge in [-0.3, -0.25) is 0 Å². The van der Waals surface area contributed by atoms with Crippen LogP contribution in [0.2, 0.25) is 0 Å². The second kappa shape index (κ2) is 9.37. The molecule has 1 aliphatic carbocycles. The molecule has 5 nitrogen and oxygen atoms in total. The van der Waals surface area contributed by atoms with E-state index < -0.39 is 0 Å². The van der Waals surface area contributed by atoms with E-state index in [9.17, 15) is 5.11 Å². The Bertz CT molecular complexity index is 818. The molecule has 5 heteroatoms. The Labute approximate surface area is 180 Å². The van der Waals surface area contributed by atoms with E-state index in [2.05, 4.69) is 39.0 Å². The first kappa shape index (κ1) is 20.5. The Morgan fingerprint density at radius 2 is 1.70 bits per heavy atom. The van der Waals surface area contributed by atoms with E-state index >= 15 is 0 Å². The van der Waals surface area contributed by atoms with E-state index in [1.807, 2.05) is 0 Å². The molecule has 1 aromatic carbocycles. The summed E-state index contributed by atoms with van der Waals surface area (Å²) in [5.74, 6) is 2.04. The molecule has 0 radical (unpaired) electrons. The lowest BCUT2D eigenvalue weighted by atomic mass is 9.90. The number of imidazole rings is 1. The van der Waals surface area contributed by atoms with Crippen molar-refractivity contribution in [3.05, 3.63) is 30.1 Å². The highest BCUT2D eigenvalue weighted by molar-refractivity contribution is 5.76. The highest BCUT2D eigenvalue weighted by atomic mass is 16.3. The van der Waals surface area contributed by atoms with Gasteiger partial charge in [-0.1, -0.05) is 44.2 Å². The summed E-state index contributed by atoms with van der Waals surface area (Å²) in [6.45, 7) is 4.38. The maximum Gasteiger partial charge on any atom is 0.127 e. The molecule has 3 aliphatic rings. The lowest BCUT2D eigenvalue weighted by molar-refractivity contribution is 0.151. The molecule has 3 heterocycles. The van der Waals surface area contributed by atoms with Gasteiger partial charge in [-0.25, -0.2) is 4.98 Å². The van der Waals surface area contributed by atoms with E-state index in [1.54, 1.807) is 0 Å². The van der Waals surface area contributed by atoms with Gasteiger partial charge in [0.25, 0.3) is 0 Å². The highest BCUT2D eigenvalue weighted by Crippen LogP contribution is 2.34. The minimum Gasteiger partial charge on any atom is -0.392 e. The van der Waals surface area contributed by atoms with Gasteiger partial charge in [-0.15, -0.1) is 0 Å². The van der Waals surface area contributed by atoms with Crippen molar-refractivity contribution in [1.29, 1.82) is 0 Å². The van der Waals surface area contributed by atoms with Gasteiger partial charge in [0, 0.05) is 32.2 Å². The van der Waals surface area contributed by atoms with Gasteiger partial charge >= 0.3 is 0 Å². The van der Waals surface area contributed by atoms with Gasteiger partial charge in [0.2, 0.25) is 0 Å². The Balaban J connectivity index is 1.28. The van der Waals surface area contributed by atoms with Crippen LogP contribution < -0.4 is 5.32 Å². The topological polar surface area (TPSA) is 53.3 Å². The molecule has 0 bridgehead atoms. The van der Waals surface area contributed by atoms with Crippen LogP contribution in [0.25, 0.3) is 11.0 Å². The predicted octanol–water partition coefficient (Wildman–Crippen LogP) is 4.43. The van der Waals surface area contributed by atoms with Crippen molar-refractivity contribution in [3.8, 4) is 0 Å². The molecule has 30 heavy (non-hydrogen) atoms. The molecule has 2 aromatic rings. The van der Waals surface area contributed by atoms with Crippen LogP contribution in [0, 0.1) is 5.92 Å². The molecule has 164 valence electrons. The summed E-state index contributed by atoms with van der Waals surface area (Å²) >= 11 is 0. The summed E-state index contributed by atoms with van der Waals surface area (Å²) in [6.07, 6.45) is 13.0. The molecule has 2 aliphatic heterocycles. The highest BCUT2D eigenvalue weighted by Gasteiger charge is 2.32. The molecule has 1 saturated carbocycles. The predicted molar refractivity (Wildman–Crippen MR) is 122 cm³/mol. The zero-order chi connectivity index (χ0) is 20.3. The number of rotatable bonds is 4. The van der Waals surface area contributed by atoms with E-state index in [1.165, 1.54) is 82.9 Å². The van der Waals surface area contributed by atoms with Crippen molar-refractivity contribution < 1.29 is 5.11 Å². The van der Waals surface area contributed by atoms with E-state index in [4.69, 9.17) is 4.98 Å². The second-order valence-corrected chi connectivity index (χ2v) is 9.92. The fourth-order valence-corrected chi connectivity index (χ4v) is 6.05. The van der Waals surface area contributed by atoms with Gasteiger partial charge in [0.1, 0.15) is 5.82 Å². The Morgan fingerprint density at radius 3 is 2.43 bits per heavy atom. The summed E-state index contributed by atoms with van der Waals surface area (Å²) in [6, 6.07) is 9.24. The van der Waals surface area contributed by atoms with Crippen molar-refractivity contribution in [1.82, 2.24) is 19.8 Å². The number of hydrogen-bond donors (Lipinski definition) is 2. The molecule has 0 amide bonds. The molecule has 5 rings (SSSR count). The molecule has 2 saturated heterocycles. The maximum atomic E-state index is 10.1. The standard InChI is InChI=1S/C25H38N4O/c30-21-16-23(26-17-21)25-27-22-10-6-7-11-24(22)29(25)20-12-14-28(15-13-20)18-19-8-4-2-1-3-5-9-19/h6-7,10-11,19-21,23,26,30H,1-5,8-9,12-18H2. The first-order chi connectivity index (χ1) is 14.8. The van der Waals surface area contributed by atoms with E-state index in [0.29, 0.717) is 12.6 Å². The van der Waals surface area contributed by atoms with Crippen LogP contribution in [0.5, 0.6) is 0 Å². The quantitative estimate of drug-likeness (QED) is 0.783. The van der Waals surface area contributed by atoms with Gasteiger partial charge in [-0.2, -0.15) is 0 Å². The van der Waals surface area contributed by atoms with Crippen LogP contribution in [-0.2, 0) is 0 Å². The normalized spacial score (nSPS) is 28.0. The number of aliphatic hydroxyl groups is 1. The number of hydrogen-bond acceptors (Lipinski definition) is 4. The number of nitrogens with zero attached hydrogens (tertiary/aromatic N) is 3. The van der Waals surface area contributed by atoms with Crippen molar-refractivity contribution in [2.45, 2.75) is 82.4 Å². The van der Waals surface area contributed by atoms with Crippen molar-refractivity contribution in [2.75, 3.05) is 26.2 Å². The first-order valence-corrected chi connectivity index (χ1v) is 12.4. The number of aliphatic hydroxyl groups excluding tert-OH is 1. The number of para-hydroxylation sites is 2. The Hall–Kier alpha value is -1.43. The molecule has 1 aromatic heterocycles. The van der Waals surface area contributed by atoms with Crippen molar-refractivity contribution in [3.63, 3.8) is 0 Å². The molecular weight excluding hydrogens is 372 g/mol. The SMILES string of the molecule is OC1CNC(c2nc3ccccc3n2C2CCN(CC3CCCCCCC3)CC2)C1. The van der Waals surface area contributed by atoms with Gasteiger partial charge < -0.3 is 19.9 Å². The van der Waals surface area contributed by atoms with Crippen LogP contribution >= 0.6 is 0 Å². The van der Waals surface area contributed by atoms with Crippen LogP contribution in [0.15, 0.2) is 24.3 Å². The molecule has 0 spiro atoms. The lowest BCUT2D eigenvalue weighted by Crippen LogP contribution is -2.38. The average Bonchev–Trinajstić information content (AvgIpc) is 3.34. The third-order valence-electron chi connectivity index (χ3n) is 7.71. The summed E-state index contributed by atoms with van der Waals surface area (Å²) < 4.78 is 2.51. The zero-order valence-corrected chi connectivity index (χ0v) is 18.3. The summed E-state index contributed by atoms with van der Waals surface area (Å²) in [4.78, 5) is 7.75. The summed E-state index contributed by atoms with van der Waals surface area (Å²) in [5, 5.41) is 13.6. The van der Waals surface area contributed by atoms with E-state index in [-0.39, 0.29) is 12.1 Å². The number of β-amino-alcohol motifs (C(OH)–C–C–N with tert-alkyl or cyclic N) is 1.